The number of nitrogens with two attached hydrogens (primary N) is 2. The van der Waals surface area contributed by atoms with Crippen LogP contribution in [0.15, 0.2) is 36.5 Å². The quantitative estimate of drug-likeness (QED) is 0.894. The van der Waals surface area contributed by atoms with Gasteiger partial charge >= 0.3 is 0 Å². The lowest BCUT2D eigenvalue weighted by atomic mass is 10.2. The van der Waals surface area contributed by atoms with Crippen molar-refractivity contribution in [3.63, 3.8) is 0 Å². The molecule has 5 nitrogen and oxygen atoms in total. The highest BCUT2D eigenvalue weighted by Crippen LogP contribution is 2.19. The molecule has 0 atom stereocenters. The van der Waals surface area contributed by atoms with E-state index >= 15 is 0 Å². The highest BCUT2D eigenvalue weighted by atomic mass is 35.5. The number of pyridine rings is 1. The van der Waals surface area contributed by atoms with E-state index in [1.54, 1.807) is 6.07 Å². The van der Waals surface area contributed by atoms with Crippen molar-refractivity contribution in [3.05, 3.63) is 52.7 Å². The Hall–Kier alpha value is -2.27. The monoisotopic (exact) mass is 277 g/mol. The van der Waals surface area contributed by atoms with Gasteiger partial charge in [-0.25, -0.2) is 4.98 Å². The van der Waals surface area contributed by atoms with E-state index in [4.69, 9.17) is 27.8 Å². The van der Waals surface area contributed by atoms with Gasteiger partial charge in [-0.2, -0.15) is 0 Å². The van der Waals surface area contributed by atoms with Crippen LogP contribution in [-0.2, 0) is 6.61 Å². The fraction of sp³-hybridized carbons (Fsp3) is 0.0769. The Kier molecular flexibility index (Phi) is 3.87. The number of hydrogen-bond acceptors (Lipinski definition) is 4. The Balaban J connectivity index is 2.14. The fourth-order valence-electron chi connectivity index (χ4n) is 1.51. The van der Waals surface area contributed by atoms with Gasteiger partial charge in [-0.3, -0.25) is 4.79 Å². The molecule has 0 unspecified atom stereocenters. The summed E-state index contributed by atoms with van der Waals surface area (Å²) in [5.74, 6) is -0.356. The van der Waals surface area contributed by atoms with E-state index in [0.717, 1.165) is 5.56 Å². The van der Waals surface area contributed by atoms with Gasteiger partial charge in [0.2, 0.25) is 5.88 Å². The fourth-order valence-corrected chi connectivity index (χ4v) is 1.70. The van der Waals surface area contributed by atoms with Crippen molar-refractivity contribution in [3.8, 4) is 5.88 Å². The molecule has 98 valence electrons. The maximum Gasteiger partial charge on any atom is 0.251 e. The molecule has 0 aliphatic rings. The van der Waals surface area contributed by atoms with E-state index in [2.05, 4.69) is 4.98 Å². The van der Waals surface area contributed by atoms with Gasteiger partial charge in [0.1, 0.15) is 6.61 Å². The molecular formula is C13H12ClN3O2. The maximum atomic E-state index is 11.1. The summed E-state index contributed by atoms with van der Waals surface area (Å²) in [6.45, 7) is 0.245. The standard InChI is InChI=1S/C13H12ClN3O2/c14-10-4-2-1-3-8(10)7-19-12-5-9(13(16)18)11(15)6-17-12/h1-6H,7,15H2,(H2,16,18). The maximum absolute atomic E-state index is 11.1. The van der Waals surface area contributed by atoms with Crippen molar-refractivity contribution >= 4 is 23.2 Å². The second kappa shape index (κ2) is 5.58. The predicted octanol–water partition coefficient (Wildman–Crippen LogP) is 2.00. The molecule has 0 bridgehead atoms. The zero-order valence-electron chi connectivity index (χ0n) is 9.97. The minimum absolute atomic E-state index is 0.184. The number of carbonyl (C=O) groups is 1. The first-order valence-corrected chi connectivity index (χ1v) is 5.87. The third-order valence-electron chi connectivity index (χ3n) is 2.51. The molecule has 0 saturated heterocycles. The van der Waals surface area contributed by atoms with Crippen LogP contribution in [-0.4, -0.2) is 10.9 Å². The molecule has 1 aromatic carbocycles. The predicted molar refractivity (Wildman–Crippen MR) is 73.0 cm³/mol. The molecule has 0 aliphatic carbocycles. The van der Waals surface area contributed by atoms with Crippen LogP contribution in [0.25, 0.3) is 0 Å². The van der Waals surface area contributed by atoms with E-state index in [-0.39, 0.29) is 23.7 Å². The summed E-state index contributed by atoms with van der Waals surface area (Å²) in [7, 11) is 0. The molecule has 0 radical (unpaired) electrons. The summed E-state index contributed by atoms with van der Waals surface area (Å²) in [5.41, 5.74) is 12.0. The lowest BCUT2D eigenvalue weighted by molar-refractivity contribution is 0.100. The second-order valence-electron chi connectivity index (χ2n) is 3.85. The number of nitrogen functional groups attached to an aromatic ring is 1. The molecule has 1 aromatic heterocycles. The Bertz CT molecular complexity index is 617. The smallest absolute Gasteiger partial charge is 0.251 e. The highest BCUT2D eigenvalue weighted by molar-refractivity contribution is 6.31. The van der Waals surface area contributed by atoms with Crippen LogP contribution < -0.4 is 16.2 Å². The van der Waals surface area contributed by atoms with Crippen LogP contribution >= 0.6 is 11.6 Å². The van der Waals surface area contributed by atoms with Gasteiger partial charge in [-0.1, -0.05) is 29.8 Å². The van der Waals surface area contributed by atoms with Crippen LogP contribution in [0.3, 0.4) is 0 Å². The molecule has 1 heterocycles. The van der Waals surface area contributed by atoms with Gasteiger partial charge < -0.3 is 16.2 Å². The number of benzene rings is 1. The van der Waals surface area contributed by atoms with E-state index in [0.29, 0.717) is 5.02 Å². The minimum atomic E-state index is -0.623. The van der Waals surface area contributed by atoms with Crippen LogP contribution in [0.4, 0.5) is 5.69 Å². The third-order valence-corrected chi connectivity index (χ3v) is 2.88. The number of rotatable bonds is 4. The van der Waals surface area contributed by atoms with E-state index in [9.17, 15) is 4.79 Å². The van der Waals surface area contributed by atoms with Gasteiger partial charge in [-0.15, -0.1) is 0 Å². The molecule has 0 spiro atoms. The number of anilines is 1. The average molecular weight is 278 g/mol. The van der Waals surface area contributed by atoms with Crippen molar-refractivity contribution in [1.82, 2.24) is 4.98 Å². The third kappa shape index (κ3) is 3.14. The number of aromatic nitrogens is 1. The lowest BCUT2D eigenvalue weighted by Gasteiger charge is -2.08. The van der Waals surface area contributed by atoms with Crippen molar-refractivity contribution < 1.29 is 9.53 Å². The number of amides is 1. The summed E-state index contributed by atoms with van der Waals surface area (Å²) in [6, 6.07) is 8.71. The van der Waals surface area contributed by atoms with Crippen LogP contribution in [0, 0.1) is 0 Å². The number of carbonyl (C=O) groups excluding carboxylic acids is 1. The first-order chi connectivity index (χ1) is 9.08. The summed E-state index contributed by atoms with van der Waals surface area (Å²) < 4.78 is 5.46. The van der Waals surface area contributed by atoms with E-state index in [1.165, 1.54) is 12.3 Å². The van der Waals surface area contributed by atoms with Gasteiger partial charge in [0.05, 0.1) is 17.4 Å². The molecule has 0 saturated carbocycles. The molecule has 19 heavy (non-hydrogen) atoms. The SMILES string of the molecule is NC(=O)c1cc(OCc2ccccc2Cl)ncc1N. The lowest BCUT2D eigenvalue weighted by Crippen LogP contribution is -2.14. The molecule has 4 N–H and O–H groups in total. The first kappa shape index (κ1) is 13.2. The Morgan fingerprint density at radius 3 is 2.79 bits per heavy atom. The number of primary amides is 1. The van der Waals surface area contributed by atoms with Gasteiger partial charge in [-0.05, 0) is 6.07 Å². The summed E-state index contributed by atoms with van der Waals surface area (Å²) in [4.78, 5) is 15.1. The van der Waals surface area contributed by atoms with Crippen molar-refractivity contribution in [2.24, 2.45) is 5.73 Å². The number of nitrogens with zero attached hydrogens (tertiary/aromatic N) is 1. The summed E-state index contributed by atoms with van der Waals surface area (Å²) in [6.07, 6.45) is 1.34. The van der Waals surface area contributed by atoms with Gasteiger partial charge in [0, 0.05) is 16.7 Å². The van der Waals surface area contributed by atoms with E-state index in [1.807, 2.05) is 18.2 Å². The Labute approximate surface area is 115 Å². The highest BCUT2D eigenvalue weighted by Gasteiger charge is 2.09. The van der Waals surface area contributed by atoms with E-state index < -0.39 is 5.91 Å². The normalized spacial score (nSPS) is 10.2. The van der Waals surface area contributed by atoms with Crippen LogP contribution in [0.5, 0.6) is 5.88 Å². The van der Waals surface area contributed by atoms with Crippen molar-refractivity contribution in [2.75, 3.05) is 5.73 Å². The Morgan fingerprint density at radius 1 is 1.37 bits per heavy atom. The van der Waals surface area contributed by atoms with Crippen LogP contribution in [0.1, 0.15) is 15.9 Å². The number of halogens is 1. The van der Waals surface area contributed by atoms with Crippen molar-refractivity contribution in [1.29, 1.82) is 0 Å². The largest absolute Gasteiger partial charge is 0.473 e. The average Bonchev–Trinajstić information content (AvgIpc) is 2.39. The van der Waals surface area contributed by atoms with Crippen molar-refractivity contribution in [2.45, 2.75) is 6.61 Å². The number of ether oxygens (including phenoxy) is 1. The van der Waals surface area contributed by atoms with Gasteiger partial charge in [0.15, 0.2) is 0 Å². The molecule has 6 heteroatoms. The minimum Gasteiger partial charge on any atom is -0.473 e. The topological polar surface area (TPSA) is 91.2 Å². The summed E-state index contributed by atoms with van der Waals surface area (Å²) in [5, 5.41) is 0.605. The molecule has 1 amide bonds. The Morgan fingerprint density at radius 2 is 2.11 bits per heavy atom. The molecule has 0 aliphatic heterocycles. The molecule has 2 rings (SSSR count). The van der Waals surface area contributed by atoms with Gasteiger partial charge in [0.25, 0.3) is 5.91 Å². The summed E-state index contributed by atoms with van der Waals surface area (Å²) >= 11 is 6.00. The number of hydrogen-bond donors (Lipinski definition) is 2. The second-order valence-corrected chi connectivity index (χ2v) is 4.26. The molecule has 2 aromatic rings. The van der Waals surface area contributed by atoms with Crippen LogP contribution in [0.2, 0.25) is 5.02 Å². The zero-order valence-corrected chi connectivity index (χ0v) is 10.7. The first-order valence-electron chi connectivity index (χ1n) is 5.49. The molecular weight excluding hydrogens is 266 g/mol. The molecule has 0 fully saturated rings. The zero-order chi connectivity index (χ0) is 13.8.